The molecule has 0 aromatic heterocycles. The quantitative estimate of drug-likeness (QED) is 0.833. The van der Waals surface area contributed by atoms with E-state index in [2.05, 4.69) is 33.4 Å². The van der Waals surface area contributed by atoms with Gasteiger partial charge in [-0.2, -0.15) is 0 Å². The first-order valence-corrected chi connectivity index (χ1v) is 6.42. The Morgan fingerprint density at radius 3 is 3.06 bits per heavy atom. The second kappa shape index (κ2) is 5.51. The van der Waals surface area contributed by atoms with Crippen LogP contribution in [0.25, 0.3) is 0 Å². The van der Waals surface area contributed by atoms with Crippen LogP contribution in [0.3, 0.4) is 0 Å². The molecule has 3 heteroatoms. The molecule has 16 heavy (non-hydrogen) atoms. The molecule has 1 atom stereocenters. The Morgan fingerprint density at radius 1 is 1.44 bits per heavy atom. The van der Waals surface area contributed by atoms with Crippen molar-refractivity contribution in [2.45, 2.75) is 31.8 Å². The molecule has 1 aromatic carbocycles. The van der Waals surface area contributed by atoms with Crippen molar-refractivity contribution in [1.82, 2.24) is 5.32 Å². The van der Waals surface area contributed by atoms with Crippen LogP contribution in [0.5, 0.6) is 5.75 Å². The molecule has 0 spiro atoms. The predicted molar refractivity (Wildman–Crippen MR) is 69.4 cm³/mol. The van der Waals surface area contributed by atoms with E-state index in [4.69, 9.17) is 0 Å². The standard InChI is InChI=1S/C13H16BrNO/c14-11-6-7-13(16)10(8-11)9-15-12-4-2-1-3-5-12/h2,4,6-8,12,15-16H,1,3,5,9H2. The number of halogens is 1. The van der Waals surface area contributed by atoms with Crippen molar-refractivity contribution < 1.29 is 5.11 Å². The summed E-state index contributed by atoms with van der Waals surface area (Å²) >= 11 is 3.41. The van der Waals surface area contributed by atoms with Gasteiger partial charge in [0.1, 0.15) is 5.75 Å². The number of phenols is 1. The largest absolute Gasteiger partial charge is 0.508 e. The van der Waals surface area contributed by atoms with Crippen LogP contribution in [0.2, 0.25) is 0 Å². The second-order valence-electron chi connectivity index (χ2n) is 4.12. The van der Waals surface area contributed by atoms with E-state index in [9.17, 15) is 5.11 Å². The van der Waals surface area contributed by atoms with Crippen LogP contribution < -0.4 is 5.32 Å². The van der Waals surface area contributed by atoms with Gasteiger partial charge in [-0.1, -0.05) is 28.1 Å². The fourth-order valence-corrected chi connectivity index (χ4v) is 2.33. The summed E-state index contributed by atoms with van der Waals surface area (Å²) in [6.45, 7) is 0.709. The van der Waals surface area contributed by atoms with Crippen molar-refractivity contribution in [3.8, 4) is 5.75 Å². The molecule has 0 radical (unpaired) electrons. The Bertz CT molecular complexity index is 390. The van der Waals surface area contributed by atoms with Gasteiger partial charge in [-0.15, -0.1) is 0 Å². The molecule has 0 saturated heterocycles. The first kappa shape index (κ1) is 11.7. The van der Waals surface area contributed by atoms with E-state index < -0.39 is 0 Å². The smallest absolute Gasteiger partial charge is 0.120 e. The van der Waals surface area contributed by atoms with E-state index in [0.29, 0.717) is 18.3 Å². The van der Waals surface area contributed by atoms with Gasteiger partial charge in [-0.25, -0.2) is 0 Å². The lowest BCUT2D eigenvalue weighted by atomic mass is 10.0. The summed E-state index contributed by atoms with van der Waals surface area (Å²) in [5.41, 5.74) is 0.938. The fraction of sp³-hybridized carbons (Fsp3) is 0.385. The molecule has 0 amide bonds. The minimum Gasteiger partial charge on any atom is -0.508 e. The fourth-order valence-electron chi connectivity index (χ4n) is 1.92. The van der Waals surface area contributed by atoms with Crippen LogP contribution in [-0.4, -0.2) is 11.1 Å². The van der Waals surface area contributed by atoms with Crippen molar-refractivity contribution in [2.24, 2.45) is 0 Å². The Balaban J connectivity index is 1.95. The molecule has 1 aliphatic carbocycles. The van der Waals surface area contributed by atoms with Gasteiger partial charge in [0.05, 0.1) is 0 Å². The van der Waals surface area contributed by atoms with Gasteiger partial charge in [0.25, 0.3) is 0 Å². The highest BCUT2D eigenvalue weighted by atomic mass is 79.9. The van der Waals surface area contributed by atoms with Gasteiger partial charge in [-0.3, -0.25) is 0 Å². The molecule has 0 fully saturated rings. The highest BCUT2D eigenvalue weighted by Crippen LogP contribution is 2.22. The number of benzene rings is 1. The third-order valence-corrected chi connectivity index (χ3v) is 3.34. The molecule has 1 unspecified atom stereocenters. The minimum absolute atomic E-state index is 0.357. The minimum atomic E-state index is 0.357. The molecule has 0 aliphatic heterocycles. The van der Waals surface area contributed by atoms with Crippen LogP contribution in [-0.2, 0) is 6.54 Å². The lowest BCUT2D eigenvalue weighted by Crippen LogP contribution is -2.27. The van der Waals surface area contributed by atoms with Crippen LogP contribution in [0.4, 0.5) is 0 Å². The number of rotatable bonds is 3. The Morgan fingerprint density at radius 2 is 2.31 bits per heavy atom. The summed E-state index contributed by atoms with van der Waals surface area (Å²) in [6, 6.07) is 5.97. The van der Waals surface area contributed by atoms with E-state index in [-0.39, 0.29) is 0 Å². The molecule has 0 saturated carbocycles. The molecular formula is C13H16BrNO. The zero-order valence-electron chi connectivity index (χ0n) is 9.12. The normalized spacial score (nSPS) is 19.9. The van der Waals surface area contributed by atoms with Crippen molar-refractivity contribution in [1.29, 1.82) is 0 Å². The van der Waals surface area contributed by atoms with Gasteiger partial charge in [-0.05, 0) is 37.5 Å². The first-order valence-electron chi connectivity index (χ1n) is 5.63. The van der Waals surface area contributed by atoms with Crippen molar-refractivity contribution in [3.05, 3.63) is 40.4 Å². The number of hydrogen-bond acceptors (Lipinski definition) is 2. The van der Waals surface area contributed by atoms with Crippen LogP contribution in [0, 0.1) is 0 Å². The Labute approximate surface area is 105 Å². The molecular weight excluding hydrogens is 266 g/mol. The molecule has 2 rings (SSSR count). The second-order valence-corrected chi connectivity index (χ2v) is 5.04. The average molecular weight is 282 g/mol. The summed E-state index contributed by atoms with van der Waals surface area (Å²) < 4.78 is 1.00. The zero-order valence-corrected chi connectivity index (χ0v) is 10.7. The maximum Gasteiger partial charge on any atom is 0.120 e. The summed E-state index contributed by atoms with van der Waals surface area (Å²) in [5.74, 6) is 0.357. The summed E-state index contributed by atoms with van der Waals surface area (Å²) in [6.07, 6.45) is 8.07. The number of phenolic OH excluding ortho intramolecular Hbond substituents is 1. The molecule has 2 N–H and O–H groups in total. The Hall–Kier alpha value is -0.800. The van der Waals surface area contributed by atoms with Gasteiger partial charge in [0, 0.05) is 22.6 Å². The van der Waals surface area contributed by atoms with Gasteiger partial charge < -0.3 is 10.4 Å². The van der Waals surface area contributed by atoms with Crippen molar-refractivity contribution in [3.63, 3.8) is 0 Å². The lowest BCUT2D eigenvalue weighted by molar-refractivity contribution is 0.457. The van der Waals surface area contributed by atoms with E-state index in [1.165, 1.54) is 19.3 Å². The number of nitrogens with one attached hydrogen (secondary N) is 1. The first-order chi connectivity index (χ1) is 7.75. The highest BCUT2D eigenvalue weighted by molar-refractivity contribution is 9.10. The van der Waals surface area contributed by atoms with Crippen molar-refractivity contribution in [2.75, 3.05) is 0 Å². The lowest BCUT2D eigenvalue weighted by Gasteiger charge is -2.18. The molecule has 1 aromatic rings. The molecule has 86 valence electrons. The number of hydrogen-bond donors (Lipinski definition) is 2. The third kappa shape index (κ3) is 3.09. The van der Waals surface area contributed by atoms with Gasteiger partial charge in [0.2, 0.25) is 0 Å². The van der Waals surface area contributed by atoms with E-state index in [1.807, 2.05) is 12.1 Å². The summed E-state index contributed by atoms with van der Waals surface area (Å²) in [5, 5.41) is 13.1. The SMILES string of the molecule is Oc1ccc(Br)cc1CNC1C=CCCC1. The maximum absolute atomic E-state index is 9.69. The molecule has 0 bridgehead atoms. The van der Waals surface area contributed by atoms with E-state index >= 15 is 0 Å². The Kier molecular flexibility index (Phi) is 4.02. The van der Waals surface area contributed by atoms with E-state index in [1.54, 1.807) is 6.07 Å². The molecule has 0 heterocycles. The monoisotopic (exact) mass is 281 g/mol. The predicted octanol–water partition coefficient (Wildman–Crippen LogP) is 3.35. The summed E-state index contributed by atoms with van der Waals surface area (Å²) in [7, 11) is 0. The summed E-state index contributed by atoms with van der Waals surface area (Å²) in [4.78, 5) is 0. The van der Waals surface area contributed by atoms with Crippen LogP contribution in [0.1, 0.15) is 24.8 Å². The van der Waals surface area contributed by atoms with Gasteiger partial charge in [0.15, 0.2) is 0 Å². The zero-order chi connectivity index (χ0) is 11.4. The molecule has 2 nitrogen and oxygen atoms in total. The van der Waals surface area contributed by atoms with Crippen LogP contribution >= 0.6 is 15.9 Å². The average Bonchev–Trinajstić information content (AvgIpc) is 2.32. The van der Waals surface area contributed by atoms with E-state index in [0.717, 1.165) is 10.0 Å². The van der Waals surface area contributed by atoms with Crippen LogP contribution in [0.15, 0.2) is 34.8 Å². The number of aromatic hydroxyl groups is 1. The van der Waals surface area contributed by atoms with Gasteiger partial charge >= 0.3 is 0 Å². The number of allylic oxidation sites excluding steroid dienone is 1. The maximum atomic E-state index is 9.69. The van der Waals surface area contributed by atoms with Crippen molar-refractivity contribution >= 4 is 15.9 Å². The molecule has 1 aliphatic rings. The third-order valence-electron chi connectivity index (χ3n) is 2.85. The highest BCUT2D eigenvalue weighted by Gasteiger charge is 2.08. The topological polar surface area (TPSA) is 32.3 Å².